The zero-order chi connectivity index (χ0) is 18.7. The van der Waals surface area contributed by atoms with Gasteiger partial charge in [-0.2, -0.15) is 0 Å². The van der Waals surface area contributed by atoms with Crippen LogP contribution in [0.2, 0.25) is 18.1 Å². The lowest BCUT2D eigenvalue weighted by molar-refractivity contribution is 0.0600. The van der Waals surface area contributed by atoms with Crippen LogP contribution in [0.25, 0.3) is 0 Å². The Kier molecular flexibility index (Phi) is 6.16. The van der Waals surface area contributed by atoms with E-state index < -0.39 is 8.32 Å². The number of carbonyl (C=O) groups is 1. The molecule has 0 saturated heterocycles. The van der Waals surface area contributed by atoms with Crippen molar-refractivity contribution >= 4 is 14.3 Å². The maximum absolute atomic E-state index is 11.7. The van der Waals surface area contributed by atoms with Gasteiger partial charge in [0.15, 0.2) is 19.8 Å². The highest BCUT2D eigenvalue weighted by molar-refractivity contribution is 6.74. The van der Waals surface area contributed by atoms with Crippen molar-refractivity contribution in [3.63, 3.8) is 0 Å². The van der Waals surface area contributed by atoms with E-state index in [9.17, 15) is 4.79 Å². The molecule has 0 unspecified atom stereocenters. The van der Waals surface area contributed by atoms with Gasteiger partial charge in [0.2, 0.25) is 0 Å². The van der Waals surface area contributed by atoms with E-state index in [4.69, 9.17) is 18.6 Å². The van der Waals surface area contributed by atoms with Crippen molar-refractivity contribution in [1.29, 1.82) is 0 Å². The summed E-state index contributed by atoms with van der Waals surface area (Å²) in [5.74, 6) is 0.844. The lowest BCUT2D eigenvalue weighted by Crippen LogP contribution is -2.41. The predicted octanol–water partition coefficient (Wildman–Crippen LogP) is 4.42. The van der Waals surface area contributed by atoms with E-state index in [1.807, 2.05) is 0 Å². The van der Waals surface area contributed by atoms with Gasteiger partial charge in [0.1, 0.15) is 6.61 Å². The molecule has 0 N–H and O–H groups in total. The van der Waals surface area contributed by atoms with E-state index in [-0.39, 0.29) is 17.1 Å². The van der Waals surface area contributed by atoms with Crippen LogP contribution >= 0.6 is 0 Å². The zero-order valence-corrected chi connectivity index (χ0v) is 17.2. The third kappa shape index (κ3) is 5.47. The van der Waals surface area contributed by atoms with Gasteiger partial charge in [-0.1, -0.05) is 20.8 Å². The van der Waals surface area contributed by atoms with Gasteiger partial charge >= 0.3 is 5.97 Å². The summed E-state index contributed by atoms with van der Waals surface area (Å²) in [5.41, 5.74) is 0.450. The molecule has 0 radical (unpaired) electrons. The highest BCUT2D eigenvalue weighted by atomic mass is 28.4. The minimum Gasteiger partial charge on any atom is -0.487 e. The Morgan fingerprint density at radius 3 is 2.40 bits per heavy atom. The van der Waals surface area contributed by atoms with Gasteiger partial charge in [-0.25, -0.2) is 4.79 Å². The molecule has 1 aromatic rings. The highest BCUT2D eigenvalue weighted by Crippen LogP contribution is 2.37. The second kappa shape index (κ2) is 7.79. The number of esters is 1. The second-order valence-corrected chi connectivity index (χ2v) is 12.7. The smallest absolute Gasteiger partial charge is 0.337 e. The van der Waals surface area contributed by atoms with Crippen LogP contribution in [0.5, 0.6) is 11.5 Å². The maximum Gasteiger partial charge on any atom is 0.337 e. The third-order valence-corrected chi connectivity index (χ3v) is 9.33. The Bertz CT molecular complexity index is 602. The van der Waals surface area contributed by atoms with Crippen molar-refractivity contribution in [3.05, 3.63) is 23.8 Å². The Morgan fingerprint density at radius 1 is 1.16 bits per heavy atom. The fourth-order valence-electron chi connectivity index (χ4n) is 1.99. The van der Waals surface area contributed by atoms with Crippen LogP contribution in [0.15, 0.2) is 18.2 Å². The molecule has 6 heteroatoms. The lowest BCUT2D eigenvalue weighted by atomic mass is 10.2. The topological polar surface area (TPSA) is 54.0 Å². The highest BCUT2D eigenvalue weighted by Gasteiger charge is 2.37. The van der Waals surface area contributed by atoms with Crippen molar-refractivity contribution in [2.24, 2.45) is 0 Å². The van der Waals surface area contributed by atoms with Crippen LogP contribution < -0.4 is 9.47 Å². The van der Waals surface area contributed by atoms with Crippen molar-refractivity contribution in [1.82, 2.24) is 0 Å². The van der Waals surface area contributed by atoms with Crippen LogP contribution in [0.3, 0.4) is 0 Å². The molecule has 0 bridgehead atoms. The normalized spacial score (nSPS) is 15.0. The van der Waals surface area contributed by atoms with Gasteiger partial charge in [-0.3, -0.25) is 0 Å². The molecule has 0 aliphatic heterocycles. The Labute approximate surface area is 151 Å². The van der Waals surface area contributed by atoms with E-state index in [2.05, 4.69) is 33.9 Å². The van der Waals surface area contributed by atoms with Crippen molar-refractivity contribution in [2.45, 2.75) is 57.8 Å². The first kappa shape index (κ1) is 19.8. The van der Waals surface area contributed by atoms with Crippen LogP contribution in [-0.4, -0.2) is 40.7 Å². The fraction of sp³-hybridized carbons (Fsp3) is 0.632. The molecule has 0 spiro atoms. The minimum atomic E-state index is -1.79. The number of ether oxygens (including phenoxy) is 3. The quantitative estimate of drug-likeness (QED) is 0.387. The van der Waals surface area contributed by atoms with Gasteiger partial charge in [0, 0.05) is 0 Å². The van der Waals surface area contributed by atoms with E-state index in [0.29, 0.717) is 30.3 Å². The zero-order valence-electron chi connectivity index (χ0n) is 16.2. The predicted molar refractivity (Wildman–Crippen MR) is 100 cm³/mol. The lowest BCUT2D eigenvalue weighted by Gasteiger charge is -2.36. The van der Waals surface area contributed by atoms with Crippen molar-refractivity contribution in [3.8, 4) is 11.5 Å². The summed E-state index contributed by atoms with van der Waals surface area (Å²) in [6.45, 7) is 12.0. The maximum atomic E-state index is 11.7. The molecule has 0 atom stereocenters. The van der Waals surface area contributed by atoms with E-state index >= 15 is 0 Å². The van der Waals surface area contributed by atoms with Gasteiger partial charge in [0.25, 0.3) is 0 Å². The molecule has 1 aromatic carbocycles. The SMILES string of the molecule is COC(=O)c1ccc(OC2CC2)c(OCCO[Si](C)(C)C(C)(C)C)c1. The second-order valence-electron chi connectivity index (χ2n) is 7.93. The summed E-state index contributed by atoms with van der Waals surface area (Å²) in [6.07, 6.45) is 2.38. The first-order valence-corrected chi connectivity index (χ1v) is 11.7. The largest absolute Gasteiger partial charge is 0.487 e. The molecule has 5 nitrogen and oxygen atoms in total. The molecule has 0 aromatic heterocycles. The average molecular weight is 367 g/mol. The summed E-state index contributed by atoms with van der Waals surface area (Å²) >= 11 is 0. The van der Waals surface area contributed by atoms with Gasteiger partial charge in [0.05, 0.1) is 25.4 Å². The van der Waals surface area contributed by atoms with Gasteiger partial charge in [-0.05, 0) is 49.2 Å². The molecule has 25 heavy (non-hydrogen) atoms. The summed E-state index contributed by atoms with van der Waals surface area (Å²) in [6, 6.07) is 5.15. The number of hydrogen-bond donors (Lipinski definition) is 0. The summed E-state index contributed by atoms with van der Waals surface area (Å²) in [7, 11) is -0.427. The Hall–Kier alpha value is -1.53. The molecule has 1 saturated carbocycles. The fourth-order valence-corrected chi connectivity index (χ4v) is 3.02. The Morgan fingerprint density at radius 2 is 1.84 bits per heavy atom. The number of methoxy groups -OCH3 is 1. The molecular weight excluding hydrogens is 336 g/mol. The molecule has 140 valence electrons. The van der Waals surface area contributed by atoms with E-state index in [0.717, 1.165) is 12.8 Å². The number of rotatable bonds is 8. The summed E-state index contributed by atoms with van der Waals surface area (Å²) in [5, 5.41) is 0.165. The number of hydrogen-bond acceptors (Lipinski definition) is 5. The molecule has 0 heterocycles. The third-order valence-electron chi connectivity index (χ3n) is 4.79. The van der Waals surface area contributed by atoms with Gasteiger partial charge < -0.3 is 18.6 Å². The monoisotopic (exact) mass is 366 g/mol. The standard InChI is InChI=1S/C19H30O5Si/c1-19(2,3)25(5,6)23-12-11-22-17-13-14(18(20)21-4)7-10-16(17)24-15-8-9-15/h7,10,13,15H,8-9,11-12H2,1-6H3. The first-order valence-electron chi connectivity index (χ1n) is 8.80. The van der Waals surface area contributed by atoms with Crippen LogP contribution in [-0.2, 0) is 9.16 Å². The average Bonchev–Trinajstić information content (AvgIpc) is 3.35. The summed E-state index contributed by atoms with van der Waals surface area (Å²) in [4.78, 5) is 11.7. The molecule has 1 aliphatic carbocycles. The number of carbonyl (C=O) groups excluding carboxylic acids is 1. The molecule has 2 rings (SSSR count). The van der Waals surface area contributed by atoms with Crippen LogP contribution in [0.4, 0.5) is 0 Å². The minimum absolute atomic E-state index is 0.165. The van der Waals surface area contributed by atoms with Crippen molar-refractivity contribution < 1.29 is 23.4 Å². The molecule has 1 aliphatic rings. The number of benzene rings is 1. The molecule has 1 fully saturated rings. The first-order chi connectivity index (χ1) is 11.6. The van der Waals surface area contributed by atoms with E-state index in [1.165, 1.54) is 7.11 Å². The molecule has 0 amide bonds. The van der Waals surface area contributed by atoms with Crippen LogP contribution in [0.1, 0.15) is 44.0 Å². The Balaban J connectivity index is 1.99. The van der Waals surface area contributed by atoms with Crippen molar-refractivity contribution in [2.75, 3.05) is 20.3 Å². The molecular formula is C19H30O5Si. The van der Waals surface area contributed by atoms with E-state index in [1.54, 1.807) is 18.2 Å². The van der Waals surface area contributed by atoms with Gasteiger partial charge in [-0.15, -0.1) is 0 Å². The van der Waals surface area contributed by atoms with Crippen LogP contribution in [0, 0.1) is 0 Å². The summed E-state index contributed by atoms with van der Waals surface area (Å²) < 4.78 is 22.6.